The zero-order chi connectivity index (χ0) is 12.9. The highest BCUT2D eigenvalue weighted by Gasteiger charge is 2.29. The van der Waals surface area contributed by atoms with Crippen molar-refractivity contribution < 1.29 is 14.3 Å². The molecular weight excluding hydrogens is 230 g/mol. The van der Waals surface area contributed by atoms with E-state index in [4.69, 9.17) is 4.74 Å². The van der Waals surface area contributed by atoms with Gasteiger partial charge < -0.3 is 4.74 Å². The number of carbonyl (C=O) groups excluding carboxylic acids is 2. The van der Waals surface area contributed by atoms with Gasteiger partial charge in [0.1, 0.15) is 0 Å². The van der Waals surface area contributed by atoms with E-state index in [1.54, 1.807) is 12.3 Å². The fourth-order valence-electron chi connectivity index (χ4n) is 2.65. The number of benzene rings is 1. The average Bonchev–Trinajstić information content (AvgIpc) is 2.92. The van der Waals surface area contributed by atoms with Crippen molar-refractivity contribution in [3.8, 4) is 0 Å². The van der Waals surface area contributed by atoms with E-state index in [-0.39, 0.29) is 11.7 Å². The minimum absolute atomic E-state index is 0.0343. The molecule has 0 radical (unpaired) electrons. The van der Waals surface area contributed by atoms with E-state index in [2.05, 4.69) is 0 Å². The molecule has 1 aliphatic rings. The molecule has 0 N–H and O–H groups in total. The molecule has 1 unspecified atom stereocenters. The van der Waals surface area contributed by atoms with Crippen molar-refractivity contribution in [2.24, 2.45) is 5.92 Å². The molecule has 1 heterocycles. The van der Waals surface area contributed by atoms with E-state index in [0.29, 0.717) is 0 Å². The Bertz CT molecular complexity index is 669. The van der Waals surface area contributed by atoms with Crippen molar-refractivity contribution in [3.05, 3.63) is 35.5 Å². The summed E-state index contributed by atoms with van der Waals surface area (Å²) in [6, 6.07) is 5.49. The largest absolute Gasteiger partial charge is 0.452 e. The average molecular weight is 243 g/mol. The first-order valence-corrected chi connectivity index (χ1v) is 5.89. The summed E-state index contributed by atoms with van der Waals surface area (Å²) >= 11 is 0. The molecule has 3 rings (SSSR count). The second kappa shape index (κ2) is 3.70. The summed E-state index contributed by atoms with van der Waals surface area (Å²) in [5, 5.41) is 0.968. The standard InChI is InChI=1S/C14H13NO3/c1-8-7-11-9-5-6-15(14(17)18-2)12(9)4-3-10(11)13(8)16/h3-6,8H,7H2,1-2H3. The summed E-state index contributed by atoms with van der Waals surface area (Å²) in [6.07, 6.45) is 2.02. The summed E-state index contributed by atoms with van der Waals surface area (Å²) in [5.74, 6) is 0.227. The Morgan fingerprint density at radius 1 is 1.39 bits per heavy atom. The van der Waals surface area contributed by atoms with Gasteiger partial charge in [0, 0.05) is 23.1 Å². The lowest BCUT2D eigenvalue weighted by atomic mass is 10.1. The molecule has 1 aliphatic carbocycles. The highest BCUT2D eigenvalue weighted by atomic mass is 16.5. The summed E-state index contributed by atoms with van der Waals surface area (Å²) in [7, 11) is 1.35. The van der Waals surface area contributed by atoms with Crippen molar-refractivity contribution in [3.63, 3.8) is 0 Å². The number of ether oxygens (including phenoxy) is 1. The first kappa shape index (κ1) is 11.0. The van der Waals surface area contributed by atoms with Crippen molar-refractivity contribution >= 4 is 22.8 Å². The first-order chi connectivity index (χ1) is 8.63. The van der Waals surface area contributed by atoms with Crippen molar-refractivity contribution in [2.75, 3.05) is 7.11 Å². The Hall–Kier alpha value is -2.10. The fourth-order valence-corrected chi connectivity index (χ4v) is 2.65. The van der Waals surface area contributed by atoms with Crippen molar-refractivity contribution in [1.82, 2.24) is 4.57 Å². The number of Topliss-reactive ketones (excluding diaryl/α,β-unsaturated/α-hetero) is 1. The summed E-state index contributed by atoms with van der Waals surface area (Å²) in [4.78, 5) is 23.5. The second-order valence-electron chi connectivity index (χ2n) is 4.65. The third kappa shape index (κ3) is 1.32. The molecule has 0 saturated carbocycles. The molecule has 0 saturated heterocycles. The molecular formula is C14H13NO3. The van der Waals surface area contributed by atoms with E-state index < -0.39 is 6.09 Å². The van der Waals surface area contributed by atoms with Gasteiger partial charge in [0.2, 0.25) is 0 Å². The number of hydrogen-bond acceptors (Lipinski definition) is 3. The molecule has 0 aliphatic heterocycles. The number of fused-ring (bicyclic) bond motifs is 3. The minimum atomic E-state index is -0.415. The maximum Gasteiger partial charge on any atom is 0.418 e. The number of nitrogens with zero attached hydrogens (tertiary/aromatic N) is 1. The van der Waals surface area contributed by atoms with Gasteiger partial charge in [-0.1, -0.05) is 6.92 Å². The Balaban J connectivity index is 2.25. The van der Waals surface area contributed by atoms with Gasteiger partial charge in [-0.3, -0.25) is 9.36 Å². The van der Waals surface area contributed by atoms with Crippen molar-refractivity contribution in [1.29, 1.82) is 0 Å². The third-order valence-electron chi connectivity index (χ3n) is 3.58. The SMILES string of the molecule is COC(=O)n1ccc2c3c(ccc21)C(=O)C(C)C3. The number of carbonyl (C=O) groups is 2. The van der Waals surface area contributed by atoms with Crippen LogP contribution in [-0.2, 0) is 11.2 Å². The van der Waals surface area contributed by atoms with Crippen LogP contribution < -0.4 is 0 Å². The van der Waals surface area contributed by atoms with E-state index >= 15 is 0 Å². The number of rotatable bonds is 0. The molecule has 92 valence electrons. The van der Waals surface area contributed by atoms with Crippen molar-refractivity contribution in [2.45, 2.75) is 13.3 Å². The molecule has 4 nitrogen and oxygen atoms in total. The van der Waals surface area contributed by atoms with E-state index in [1.165, 1.54) is 11.7 Å². The van der Waals surface area contributed by atoms with Crippen LogP contribution in [0.5, 0.6) is 0 Å². The topological polar surface area (TPSA) is 48.3 Å². The molecule has 2 aromatic rings. The van der Waals surface area contributed by atoms with Crippen LogP contribution in [0.25, 0.3) is 10.9 Å². The van der Waals surface area contributed by atoms with Gasteiger partial charge in [-0.25, -0.2) is 4.79 Å². The Morgan fingerprint density at radius 3 is 2.89 bits per heavy atom. The smallest absolute Gasteiger partial charge is 0.418 e. The molecule has 0 bridgehead atoms. The minimum Gasteiger partial charge on any atom is -0.452 e. The quantitative estimate of drug-likeness (QED) is 0.714. The summed E-state index contributed by atoms with van der Waals surface area (Å²) in [5.41, 5.74) is 2.63. The van der Waals surface area contributed by atoms with Crippen LogP contribution in [0.4, 0.5) is 4.79 Å². The lowest BCUT2D eigenvalue weighted by Gasteiger charge is -2.04. The number of hydrogen-bond donors (Lipinski definition) is 0. The fraction of sp³-hybridized carbons (Fsp3) is 0.286. The van der Waals surface area contributed by atoms with Gasteiger partial charge in [0.15, 0.2) is 5.78 Å². The molecule has 4 heteroatoms. The molecule has 0 spiro atoms. The maximum atomic E-state index is 11.9. The molecule has 0 fully saturated rings. The highest BCUT2D eigenvalue weighted by molar-refractivity contribution is 6.07. The molecule has 1 aromatic carbocycles. The van der Waals surface area contributed by atoms with Crippen LogP contribution in [0.15, 0.2) is 24.4 Å². The Labute approximate surface area is 104 Å². The molecule has 1 atom stereocenters. The molecule has 18 heavy (non-hydrogen) atoms. The normalized spacial score (nSPS) is 18.1. The zero-order valence-electron chi connectivity index (χ0n) is 10.3. The number of ketones is 1. The van der Waals surface area contributed by atoms with Crippen LogP contribution in [-0.4, -0.2) is 23.6 Å². The van der Waals surface area contributed by atoms with Gasteiger partial charge in [0.25, 0.3) is 0 Å². The van der Waals surface area contributed by atoms with Gasteiger partial charge in [-0.05, 0) is 30.2 Å². The van der Waals surface area contributed by atoms with Crippen LogP contribution >= 0.6 is 0 Å². The van der Waals surface area contributed by atoms with Gasteiger partial charge >= 0.3 is 6.09 Å². The van der Waals surface area contributed by atoms with Crippen LogP contribution in [0.2, 0.25) is 0 Å². The first-order valence-electron chi connectivity index (χ1n) is 5.89. The Morgan fingerprint density at radius 2 is 2.17 bits per heavy atom. The summed E-state index contributed by atoms with van der Waals surface area (Å²) < 4.78 is 6.18. The Kier molecular flexibility index (Phi) is 2.26. The van der Waals surface area contributed by atoms with Crippen LogP contribution in [0.3, 0.4) is 0 Å². The van der Waals surface area contributed by atoms with Gasteiger partial charge in [-0.15, -0.1) is 0 Å². The molecule has 0 amide bonds. The second-order valence-corrected chi connectivity index (χ2v) is 4.65. The summed E-state index contributed by atoms with van der Waals surface area (Å²) in [6.45, 7) is 1.94. The monoisotopic (exact) mass is 243 g/mol. The van der Waals surface area contributed by atoms with Gasteiger partial charge in [0.05, 0.1) is 12.6 Å². The third-order valence-corrected chi connectivity index (χ3v) is 3.58. The molecule has 1 aromatic heterocycles. The van der Waals surface area contributed by atoms with Gasteiger partial charge in [-0.2, -0.15) is 0 Å². The van der Waals surface area contributed by atoms with E-state index in [0.717, 1.165) is 28.5 Å². The maximum absolute atomic E-state index is 11.9. The predicted octanol–water partition coefficient (Wildman–Crippen LogP) is 2.63. The highest BCUT2D eigenvalue weighted by Crippen LogP contribution is 2.33. The van der Waals surface area contributed by atoms with E-state index in [9.17, 15) is 9.59 Å². The predicted molar refractivity (Wildman–Crippen MR) is 66.9 cm³/mol. The lowest BCUT2D eigenvalue weighted by Crippen LogP contribution is -2.09. The zero-order valence-corrected chi connectivity index (χ0v) is 10.3. The number of methoxy groups -OCH3 is 1. The van der Waals surface area contributed by atoms with E-state index in [1.807, 2.05) is 19.1 Å². The van der Waals surface area contributed by atoms with Crippen LogP contribution in [0, 0.1) is 5.92 Å². The lowest BCUT2D eigenvalue weighted by molar-refractivity contribution is 0.0946. The van der Waals surface area contributed by atoms with Crippen LogP contribution in [0.1, 0.15) is 22.8 Å². The number of aromatic nitrogens is 1.